The second kappa shape index (κ2) is 5.64. The van der Waals surface area contributed by atoms with Gasteiger partial charge in [0, 0.05) is 17.1 Å². The number of aromatic nitrogens is 5. The fraction of sp³-hybridized carbons (Fsp3) is 0.0625. The van der Waals surface area contributed by atoms with E-state index >= 15 is 0 Å². The van der Waals surface area contributed by atoms with E-state index in [0.717, 1.165) is 26.9 Å². The molecule has 4 aromatic rings. The van der Waals surface area contributed by atoms with Gasteiger partial charge in [0.25, 0.3) is 5.91 Å². The van der Waals surface area contributed by atoms with Crippen molar-refractivity contribution in [1.82, 2.24) is 24.5 Å². The molecule has 0 unspecified atom stereocenters. The van der Waals surface area contributed by atoms with Crippen molar-refractivity contribution in [2.75, 3.05) is 5.73 Å². The zero-order chi connectivity index (χ0) is 17.6. The SMILES string of the molecule is Cc1ccc2[nH]ncc2c1-c1nc(-c2ccns2)nc(C(N)=O)c1N. The maximum absolute atomic E-state index is 11.8. The summed E-state index contributed by atoms with van der Waals surface area (Å²) in [4.78, 5) is 21.4. The fourth-order valence-electron chi connectivity index (χ4n) is 2.73. The lowest BCUT2D eigenvalue weighted by Crippen LogP contribution is -2.17. The molecule has 8 nitrogen and oxygen atoms in total. The number of H-pyrrole nitrogens is 1. The number of nitrogens with one attached hydrogen (secondary N) is 1. The number of hydrogen-bond donors (Lipinski definition) is 3. The van der Waals surface area contributed by atoms with Gasteiger partial charge in [0.2, 0.25) is 0 Å². The molecule has 0 atom stereocenters. The zero-order valence-corrected chi connectivity index (χ0v) is 14.0. The summed E-state index contributed by atoms with van der Waals surface area (Å²) in [5, 5.41) is 7.86. The van der Waals surface area contributed by atoms with Crippen molar-refractivity contribution in [3.05, 3.63) is 41.9 Å². The lowest BCUT2D eigenvalue weighted by atomic mass is 9.99. The molecule has 0 aliphatic carbocycles. The Hall–Kier alpha value is -3.33. The first-order valence-electron chi connectivity index (χ1n) is 7.37. The van der Waals surface area contributed by atoms with E-state index in [0.29, 0.717) is 11.5 Å². The molecule has 0 bridgehead atoms. The third-order valence-electron chi connectivity index (χ3n) is 3.91. The van der Waals surface area contributed by atoms with E-state index in [1.54, 1.807) is 18.5 Å². The molecule has 9 heteroatoms. The molecule has 4 rings (SSSR count). The third kappa shape index (κ3) is 2.41. The minimum absolute atomic E-state index is 0.00621. The molecule has 1 amide bonds. The van der Waals surface area contributed by atoms with E-state index in [1.807, 2.05) is 19.1 Å². The number of carbonyl (C=O) groups is 1. The molecule has 124 valence electrons. The van der Waals surface area contributed by atoms with Crippen LogP contribution in [-0.2, 0) is 0 Å². The third-order valence-corrected chi connectivity index (χ3v) is 4.65. The van der Waals surface area contributed by atoms with Crippen molar-refractivity contribution in [3.8, 4) is 22.0 Å². The molecule has 0 saturated heterocycles. The first-order chi connectivity index (χ1) is 12.1. The summed E-state index contributed by atoms with van der Waals surface area (Å²) in [6, 6.07) is 5.64. The predicted molar refractivity (Wildman–Crippen MR) is 95.9 cm³/mol. The van der Waals surface area contributed by atoms with Crippen LogP contribution in [0.4, 0.5) is 5.69 Å². The van der Waals surface area contributed by atoms with E-state index in [9.17, 15) is 4.79 Å². The van der Waals surface area contributed by atoms with Crippen LogP contribution in [0, 0.1) is 6.92 Å². The molecule has 0 radical (unpaired) electrons. The van der Waals surface area contributed by atoms with Crippen LogP contribution in [0.2, 0.25) is 0 Å². The minimum Gasteiger partial charge on any atom is -0.395 e. The van der Waals surface area contributed by atoms with Gasteiger partial charge in [-0.2, -0.15) is 5.10 Å². The van der Waals surface area contributed by atoms with Gasteiger partial charge in [-0.1, -0.05) is 6.07 Å². The number of amides is 1. The van der Waals surface area contributed by atoms with Gasteiger partial charge in [0.1, 0.15) is 0 Å². The van der Waals surface area contributed by atoms with Crippen molar-refractivity contribution in [2.45, 2.75) is 6.92 Å². The monoisotopic (exact) mass is 351 g/mol. The van der Waals surface area contributed by atoms with Gasteiger partial charge in [-0.15, -0.1) is 0 Å². The number of benzene rings is 1. The highest BCUT2D eigenvalue weighted by molar-refractivity contribution is 7.09. The quantitative estimate of drug-likeness (QED) is 0.517. The smallest absolute Gasteiger partial charge is 0.269 e. The Morgan fingerprint density at radius 3 is 2.80 bits per heavy atom. The summed E-state index contributed by atoms with van der Waals surface area (Å²) >= 11 is 1.23. The average Bonchev–Trinajstić information content (AvgIpc) is 3.26. The Balaban J connectivity index is 2.08. The summed E-state index contributed by atoms with van der Waals surface area (Å²) in [6.45, 7) is 1.94. The first-order valence-corrected chi connectivity index (χ1v) is 8.15. The van der Waals surface area contributed by atoms with E-state index in [1.165, 1.54) is 11.5 Å². The number of carbonyl (C=O) groups excluding carboxylic acids is 1. The molecule has 0 spiro atoms. The van der Waals surface area contributed by atoms with Gasteiger partial charge in [0.05, 0.1) is 28.0 Å². The number of primary amides is 1. The normalized spacial score (nSPS) is 11.1. The standard InChI is InChI=1S/C16H13N7OS/c1-7-2-3-9-8(6-19-23-9)11(7)13-12(17)14(15(18)24)22-16(21-13)10-4-5-20-25-10/h2-6H,17H2,1H3,(H2,18,24)(H,19,23). The maximum atomic E-state index is 11.8. The van der Waals surface area contributed by atoms with Crippen LogP contribution < -0.4 is 11.5 Å². The first kappa shape index (κ1) is 15.2. The van der Waals surface area contributed by atoms with E-state index in [-0.39, 0.29) is 11.4 Å². The number of hydrogen-bond acceptors (Lipinski definition) is 7. The fourth-order valence-corrected chi connectivity index (χ4v) is 3.26. The van der Waals surface area contributed by atoms with Gasteiger partial charge in [-0.25, -0.2) is 14.3 Å². The lowest BCUT2D eigenvalue weighted by Gasteiger charge is -2.13. The van der Waals surface area contributed by atoms with Crippen LogP contribution in [0.25, 0.3) is 32.9 Å². The summed E-state index contributed by atoms with van der Waals surface area (Å²) in [6.07, 6.45) is 3.35. The number of nitrogens with zero attached hydrogens (tertiary/aromatic N) is 4. The zero-order valence-electron chi connectivity index (χ0n) is 13.1. The average molecular weight is 351 g/mol. The number of nitrogen functional groups attached to an aromatic ring is 1. The van der Waals surface area contributed by atoms with Crippen LogP contribution in [0.15, 0.2) is 30.6 Å². The molecular weight excluding hydrogens is 338 g/mol. The van der Waals surface area contributed by atoms with Crippen LogP contribution in [0.5, 0.6) is 0 Å². The van der Waals surface area contributed by atoms with Crippen LogP contribution >= 0.6 is 11.5 Å². The Bertz CT molecular complexity index is 1100. The van der Waals surface area contributed by atoms with E-state index in [4.69, 9.17) is 11.5 Å². The van der Waals surface area contributed by atoms with Crippen molar-refractivity contribution in [3.63, 3.8) is 0 Å². The number of rotatable bonds is 3. The topological polar surface area (TPSA) is 136 Å². The van der Waals surface area contributed by atoms with Crippen molar-refractivity contribution < 1.29 is 4.79 Å². The van der Waals surface area contributed by atoms with Crippen LogP contribution in [0.3, 0.4) is 0 Å². The Labute approximate surface area is 146 Å². The minimum atomic E-state index is -0.705. The second-order valence-electron chi connectivity index (χ2n) is 5.49. The largest absolute Gasteiger partial charge is 0.395 e. The summed E-state index contributed by atoms with van der Waals surface area (Å²) < 4.78 is 4.06. The Morgan fingerprint density at radius 2 is 2.08 bits per heavy atom. The molecule has 0 fully saturated rings. The van der Waals surface area contributed by atoms with Gasteiger partial charge in [-0.3, -0.25) is 9.89 Å². The number of fused-ring (bicyclic) bond motifs is 1. The van der Waals surface area contributed by atoms with Gasteiger partial charge in [0.15, 0.2) is 11.5 Å². The lowest BCUT2D eigenvalue weighted by molar-refractivity contribution is 0.0996. The summed E-state index contributed by atoms with van der Waals surface area (Å²) in [7, 11) is 0. The highest BCUT2D eigenvalue weighted by atomic mass is 32.1. The van der Waals surface area contributed by atoms with Gasteiger partial charge in [-0.05, 0) is 36.2 Å². The second-order valence-corrected chi connectivity index (χ2v) is 6.32. The number of anilines is 1. The van der Waals surface area contributed by atoms with Gasteiger partial charge < -0.3 is 11.5 Å². The summed E-state index contributed by atoms with van der Waals surface area (Å²) in [5.41, 5.74) is 14.9. The van der Waals surface area contributed by atoms with Crippen molar-refractivity contribution in [2.24, 2.45) is 5.73 Å². The molecule has 0 aliphatic heterocycles. The van der Waals surface area contributed by atoms with E-state index < -0.39 is 5.91 Å². The molecule has 1 aromatic carbocycles. The number of aryl methyl sites for hydroxylation is 1. The van der Waals surface area contributed by atoms with Gasteiger partial charge >= 0.3 is 0 Å². The molecule has 25 heavy (non-hydrogen) atoms. The predicted octanol–water partition coefficient (Wildman–Crippen LogP) is 2.13. The molecule has 0 saturated carbocycles. The highest BCUT2D eigenvalue weighted by Crippen LogP contribution is 2.35. The Morgan fingerprint density at radius 1 is 1.24 bits per heavy atom. The molecule has 3 heterocycles. The van der Waals surface area contributed by atoms with Crippen LogP contribution in [-0.4, -0.2) is 30.4 Å². The van der Waals surface area contributed by atoms with E-state index in [2.05, 4.69) is 24.5 Å². The summed E-state index contributed by atoms with van der Waals surface area (Å²) in [5.74, 6) is -0.343. The Kier molecular flexibility index (Phi) is 3.43. The van der Waals surface area contributed by atoms with Crippen LogP contribution in [0.1, 0.15) is 16.1 Å². The highest BCUT2D eigenvalue weighted by Gasteiger charge is 2.21. The maximum Gasteiger partial charge on any atom is 0.269 e. The number of nitrogens with two attached hydrogens (primary N) is 2. The molecular formula is C16H13N7OS. The molecule has 3 aromatic heterocycles. The molecule has 5 N–H and O–H groups in total. The van der Waals surface area contributed by atoms with Crippen molar-refractivity contribution in [1.29, 1.82) is 0 Å². The molecule has 0 aliphatic rings. The van der Waals surface area contributed by atoms with Crippen molar-refractivity contribution >= 4 is 34.0 Å². The number of aromatic amines is 1.